The minimum absolute atomic E-state index is 0.0248. The summed E-state index contributed by atoms with van der Waals surface area (Å²) in [6, 6.07) is 18.0. The normalized spacial score (nSPS) is 13.5. The lowest BCUT2D eigenvalue weighted by Gasteiger charge is -2.26. The number of rotatable bonds is 7. The molecule has 196 valence electrons. The maximum atomic E-state index is 13.9. The van der Waals surface area contributed by atoms with E-state index in [0.717, 1.165) is 37.9 Å². The molecule has 1 fully saturated rings. The molecule has 0 saturated carbocycles. The maximum absolute atomic E-state index is 13.9. The van der Waals surface area contributed by atoms with E-state index in [1.165, 1.54) is 11.8 Å². The third-order valence-electron chi connectivity index (χ3n) is 6.58. The molecule has 1 amide bonds. The number of ether oxygens (including phenoxy) is 2. The SMILES string of the molecule is COc1cc(OC)cc(-n2c(SCc3cccc(Cl)c3)nc3cc(C(=O)N4CCCCC4)ccc3c2=O)c1. The van der Waals surface area contributed by atoms with E-state index in [4.69, 9.17) is 26.1 Å². The highest BCUT2D eigenvalue weighted by atomic mass is 35.5. The average molecular weight is 550 g/mol. The average Bonchev–Trinajstić information content (AvgIpc) is 2.95. The van der Waals surface area contributed by atoms with Crippen LogP contribution in [0.4, 0.5) is 0 Å². The highest BCUT2D eigenvalue weighted by Gasteiger charge is 2.21. The zero-order valence-corrected chi connectivity index (χ0v) is 22.8. The Labute approximate surface area is 230 Å². The van der Waals surface area contributed by atoms with Crippen LogP contribution in [-0.2, 0) is 5.75 Å². The van der Waals surface area contributed by atoms with Crippen molar-refractivity contribution in [3.63, 3.8) is 0 Å². The second-order valence-electron chi connectivity index (χ2n) is 9.11. The number of nitrogens with zero attached hydrogens (tertiary/aromatic N) is 3. The molecule has 7 nitrogen and oxygen atoms in total. The first-order valence-electron chi connectivity index (χ1n) is 12.4. The van der Waals surface area contributed by atoms with Gasteiger partial charge in [-0.3, -0.25) is 14.2 Å². The summed E-state index contributed by atoms with van der Waals surface area (Å²) in [5, 5.41) is 1.56. The summed E-state index contributed by atoms with van der Waals surface area (Å²) in [7, 11) is 3.13. The van der Waals surface area contributed by atoms with Gasteiger partial charge in [-0.1, -0.05) is 35.5 Å². The van der Waals surface area contributed by atoms with Gasteiger partial charge in [0.05, 0.1) is 30.8 Å². The van der Waals surface area contributed by atoms with Gasteiger partial charge in [0.1, 0.15) is 11.5 Å². The molecule has 0 spiro atoms. The monoisotopic (exact) mass is 549 g/mol. The largest absolute Gasteiger partial charge is 0.497 e. The van der Waals surface area contributed by atoms with Crippen molar-refractivity contribution < 1.29 is 14.3 Å². The third kappa shape index (κ3) is 5.51. The van der Waals surface area contributed by atoms with Crippen LogP contribution in [-0.4, -0.2) is 47.7 Å². The number of piperidine rings is 1. The number of hydrogen-bond acceptors (Lipinski definition) is 6. The van der Waals surface area contributed by atoms with Gasteiger partial charge in [-0.25, -0.2) is 4.98 Å². The van der Waals surface area contributed by atoms with E-state index in [1.54, 1.807) is 55.2 Å². The number of methoxy groups -OCH3 is 2. The fraction of sp³-hybridized carbons (Fsp3) is 0.276. The smallest absolute Gasteiger partial charge is 0.266 e. The van der Waals surface area contributed by atoms with Gasteiger partial charge < -0.3 is 14.4 Å². The molecule has 0 bridgehead atoms. The van der Waals surface area contributed by atoms with Crippen LogP contribution in [0, 0.1) is 0 Å². The number of fused-ring (bicyclic) bond motifs is 1. The summed E-state index contributed by atoms with van der Waals surface area (Å²) >= 11 is 7.61. The van der Waals surface area contributed by atoms with Crippen molar-refractivity contribution in [1.29, 1.82) is 0 Å². The molecule has 0 unspecified atom stereocenters. The number of carbonyl (C=O) groups excluding carboxylic acids is 1. The Bertz CT molecular complexity index is 1530. The number of thioether (sulfide) groups is 1. The van der Waals surface area contributed by atoms with E-state index in [1.807, 2.05) is 29.2 Å². The Balaban J connectivity index is 1.62. The van der Waals surface area contributed by atoms with Crippen molar-refractivity contribution in [1.82, 2.24) is 14.5 Å². The van der Waals surface area contributed by atoms with Gasteiger partial charge >= 0.3 is 0 Å². The van der Waals surface area contributed by atoms with Crippen molar-refractivity contribution >= 4 is 40.2 Å². The number of likely N-dealkylation sites (tertiary alicyclic amines) is 1. The molecule has 3 aromatic carbocycles. The van der Waals surface area contributed by atoms with Crippen LogP contribution in [0.3, 0.4) is 0 Å². The number of halogens is 1. The van der Waals surface area contributed by atoms with E-state index in [0.29, 0.717) is 49.6 Å². The standard InChI is InChI=1S/C29H28ClN3O4S/c1-36-23-15-22(16-24(17-23)37-2)33-28(35)25-10-9-20(27(34)32-11-4-3-5-12-32)14-26(25)31-29(33)38-18-19-7-6-8-21(30)13-19/h6-10,13-17H,3-5,11-12,18H2,1-2H3. The summed E-state index contributed by atoms with van der Waals surface area (Å²) < 4.78 is 12.5. The molecule has 2 heterocycles. The number of hydrogen-bond donors (Lipinski definition) is 0. The summed E-state index contributed by atoms with van der Waals surface area (Å²) in [6.45, 7) is 1.51. The van der Waals surface area contributed by atoms with Gasteiger partial charge in [0.15, 0.2) is 5.16 Å². The van der Waals surface area contributed by atoms with Crippen molar-refractivity contribution in [2.45, 2.75) is 30.2 Å². The molecule has 4 aromatic rings. The van der Waals surface area contributed by atoms with Crippen molar-refractivity contribution in [2.24, 2.45) is 0 Å². The lowest BCUT2D eigenvalue weighted by molar-refractivity contribution is 0.0724. The number of carbonyl (C=O) groups is 1. The molecule has 5 rings (SSSR count). The quantitative estimate of drug-likeness (QED) is 0.209. The molecule has 1 saturated heterocycles. The van der Waals surface area contributed by atoms with Crippen molar-refractivity contribution in [3.05, 3.63) is 87.2 Å². The molecule has 1 aliphatic heterocycles. The highest BCUT2D eigenvalue weighted by Crippen LogP contribution is 2.30. The van der Waals surface area contributed by atoms with Crippen LogP contribution in [0.15, 0.2) is 70.6 Å². The molecular weight excluding hydrogens is 522 g/mol. The van der Waals surface area contributed by atoms with Gasteiger partial charge in [0, 0.05) is 47.6 Å². The first kappa shape index (κ1) is 26.1. The summed E-state index contributed by atoms with van der Waals surface area (Å²) in [4.78, 5) is 33.8. The number of benzene rings is 3. The number of aromatic nitrogens is 2. The Morgan fingerprint density at radius 3 is 2.39 bits per heavy atom. The van der Waals surface area contributed by atoms with Crippen LogP contribution in [0.25, 0.3) is 16.6 Å². The fourth-order valence-corrected chi connectivity index (χ4v) is 5.77. The van der Waals surface area contributed by atoms with E-state index in [-0.39, 0.29) is 11.5 Å². The van der Waals surface area contributed by atoms with Crippen LogP contribution >= 0.6 is 23.4 Å². The zero-order chi connectivity index (χ0) is 26.6. The Kier molecular flexibility index (Phi) is 7.90. The van der Waals surface area contributed by atoms with E-state index in [2.05, 4.69) is 0 Å². The van der Waals surface area contributed by atoms with E-state index >= 15 is 0 Å². The van der Waals surface area contributed by atoms with Gasteiger partial charge in [-0.15, -0.1) is 0 Å². The lowest BCUT2D eigenvalue weighted by Crippen LogP contribution is -2.35. The Hall–Kier alpha value is -3.49. The second-order valence-corrected chi connectivity index (χ2v) is 10.5. The molecule has 1 aliphatic rings. The molecular formula is C29H28ClN3O4S. The van der Waals surface area contributed by atoms with Gasteiger partial charge in [-0.2, -0.15) is 0 Å². The molecule has 0 N–H and O–H groups in total. The highest BCUT2D eigenvalue weighted by molar-refractivity contribution is 7.98. The third-order valence-corrected chi connectivity index (χ3v) is 7.83. The lowest BCUT2D eigenvalue weighted by atomic mass is 10.1. The van der Waals surface area contributed by atoms with E-state index in [9.17, 15) is 9.59 Å². The summed E-state index contributed by atoms with van der Waals surface area (Å²) in [5.74, 6) is 1.63. The van der Waals surface area contributed by atoms with Crippen LogP contribution < -0.4 is 15.0 Å². The minimum Gasteiger partial charge on any atom is -0.497 e. The van der Waals surface area contributed by atoms with Crippen LogP contribution in [0.2, 0.25) is 5.02 Å². The molecule has 1 aromatic heterocycles. The van der Waals surface area contributed by atoms with Gasteiger partial charge in [0.25, 0.3) is 11.5 Å². The van der Waals surface area contributed by atoms with Gasteiger partial charge in [0.2, 0.25) is 0 Å². The van der Waals surface area contributed by atoms with Crippen LogP contribution in [0.1, 0.15) is 35.2 Å². The predicted molar refractivity (Wildman–Crippen MR) is 151 cm³/mol. The summed E-state index contributed by atoms with van der Waals surface area (Å²) in [6.07, 6.45) is 3.16. The maximum Gasteiger partial charge on any atom is 0.266 e. The number of amides is 1. The Morgan fingerprint density at radius 1 is 0.974 bits per heavy atom. The van der Waals surface area contributed by atoms with Crippen molar-refractivity contribution in [3.8, 4) is 17.2 Å². The zero-order valence-electron chi connectivity index (χ0n) is 21.3. The van der Waals surface area contributed by atoms with Crippen LogP contribution in [0.5, 0.6) is 11.5 Å². The van der Waals surface area contributed by atoms with Gasteiger partial charge in [-0.05, 0) is 55.2 Å². The molecule has 0 radical (unpaired) electrons. The minimum atomic E-state index is -0.240. The molecule has 38 heavy (non-hydrogen) atoms. The topological polar surface area (TPSA) is 73.7 Å². The Morgan fingerprint density at radius 2 is 1.71 bits per heavy atom. The molecule has 0 aliphatic carbocycles. The molecule has 0 atom stereocenters. The first-order valence-corrected chi connectivity index (χ1v) is 13.8. The fourth-order valence-electron chi connectivity index (χ4n) is 4.60. The predicted octanol–water partition coefficient (Wildman–Crippen LogP) is 5.97. The summed E-state index contributed by atoms with van der Waals surface area (Å²) in [5.41, 5.74) is 2.36. The molecule has 9 heteroatoms. The van der Waals surface area contributed by atoms with E-state index < -0.39 is 0 Å². The second kappa shape index (κ2) is 11.5. The van der Waals surface area contributed by atoms with Crippen molar-refractivity contribution in [2.75, 3.05) is 27.3 Å². The first-order chi connectivity index (χ1) is 18.5.